The van der Waals surface area contributed by atoms with Crippen LogP contribution in [0.4, 0.5) is 5.69 Å². The van der Waals surface area contributed by atoms with Gasteiger partial charge in [0.25, 0.3) is 0 Å². The van der Waals surface area contributed by atoms with Crippen LogP contribution in [0.2, 0.25) is 0 Å². The van der Waals surface area contributed by atoms with Crippen molar-refractivity contribution in [3.05, 3.63) is 63.8 Å². The number of ether oxygens (including phenoxy) is 1. The maximum Gasteiger partial charge on any atom is 0.226 e. The first-order valence-electron chi connectivity index (χ1n) is 9.81. The van der Waals surface area contributed by atoms with E-state index in [1.165, 1.54) is 10.6 Å². The number of anilines is 1. The topological polar surface area (TPSA) is 32.8 Å². The summed E-state index contributed by atoms with van der Waals surface area (Å²) in [7, 11) is 5.76. The van der Waals surface area contributed by atoms with E-state index < -0.39 is 0 Å². The Kier molecular flexibility index (Phi) is 6.68. The molecule has 0 bridgehead atoms. The summed E-state index contributed by atoms with van der Waals surface area (Å²) >= 11 is 1.76. The Bertz CT molecular complexity index is 883. The molecule has 1 aliphatic rings. The summed E-state index contributed by atoms with van der Waals surface area (Å²) in [5, 5.41) is -0.0339. The predicted octanol–water partition coefficient (Wildman–Crippen LogP) is 4.74. The lowest BCUT2D eigenvalue weighted by molar-refractivity contribution is 0.399. The standard InChI is InChI=1S/C23H30N2O2S/c1-16(2)17-11-12-18(22(26)20(15-17)27-5)23-25(14-8-13-24(3)4)19-9-6-7-10-21(19)28-23/h6-7,9-12,15-16,23H,8,13-14H2,1-5H3. The van der Waals surface area contributed by atoms with E-state index in [9.17, 15) is 4.79 Å². The lowest BCUT2D eigenvalue weighted by Crippen LogP contribution is -2.29. The molecule has 0 N–H and O–H groups in total. The molecule has 28 heavy (non-hydrogen) atoms. The maximum absolute atomic E-state index is 13.3. The number of fused-ring (bicyclic) bond motifs is 1. The Morgan fingerprint density at radius 3 is 2.61 bits per heavy atom. The third kappa shape index (κ3) is 4.36. The Labute approximate surface area is 172 Å². The number of hydrogen-bond acceptors (Lipinski definition) is 5. The van der Waals surface area contributed by atoms with Gasteiger partial charge in [-0.15, -0.1) is 0 Å². The highest BCUT2D eigenvalue weighted by Gasteiger charge is 2.32. The van der Waals surface area contributed by atoms with Gasteiger partial charge in [-0.1, -0.05) is 49.9 Å². The molecule has 1 unspecified atom stereocenters. The van der Waals surface area contributed by atoms with Crippen LogP contribution in [0.15, 0.2) is 52.2 Å². The summed E-state index contributed by atoms with van der Waals surface area (Å²) in [5.74, 6) is 0.756. The molecule has 0 saturated heterocycles. The molecule has 0 aliphatic carbocycles. The van der Waals surface area contributed by atoms with Crippen LogP contribution in [0.5, 0.6) is 5.75 Å². The van der Waals surface area contributed by atoms with Gasteiger partial charge in [-0.25, -0.2) is 0 Å². The average molecular weight is 399 g/mol. The molecular formula is C23H30N2O2S. The largest absolute Gasteiger partial charge is 0.493 e. The van der Waals surface area contributed by atoms with Gasteiger partial charge in [0.2, 0.25) is 5.43 Å². The zero-order chi connectivity index (χ0) is 20.3. The van der Waals surface area contributed by atoms with E-state index in [1.807, 2.05) is 12.1 Å². The molecule has 0 radical (unpaired) electrons. The molecule has 0 amide bonds. The van der Waals surface area contributed by atoms with Crippen molar-refractivity contribution in [2.24, 2.45) is 0 Å². The maximum atomic E-state index is 13.3. The first kappa shape index (κ1) is 20.7. The summed E-state index contributed by atoms with van der Waals surface area (Å²) in [6, 6.07) is 14.4. The van der Waals surface area contributed by atoms with Gasteiger partial charge in [-0.2, -0.15) is 0 Å². The number of nitrogens with zero attached hydrogens (tertiary/aromatic N) is 2. The van der Waals surface area contributed by atoms with Crippen LogP contribution < -0.4 is 15.1 Å². The van der Waals surface area contributed by atoms with Gasteiger partial charge in [0.05, 0.1) is 12.8 Å². The third-order valence-electron chi connectivity index (χ3n) is 5.09. The minimum atomic E-state index is -0.0339. The zero-order valence-electron chi connectivity index (χ0n) is 17.4. The van der Waals surface area contributed by atoms with E-state index in [0.717, 1.165) is 30.6 Å². The molecule has 1 atom stereocenters. The number of thioether (sulfide) groups is 1. The number of benzene rings is 1. The predicted molar refractivity (Wildman–Crippen MR) is 119 cm³/mol. The zero-order valence-corrected chi connectivity index (χ0v) is 18.3. The molecule has 3 rings (SSSR count). The molecule has 0 saturated carbocycles. The van der Waals surface area contributed by atoms with E-state index in [-0.39, 0.29) is 10.8 Å². The average Bonchev–Trinajstić information content (AvgIpc) is 2.92. The third-order valence-corrected chi connectivity index (χ3v) is 6.42. The number of hydrogen-bond donors (Lipinski definition) is 0. The van der Waals surface area contributed by atoms with Crippen LogP contribution in [-0.4, -0.2) is 39.2 Å². The minimum absolute atomic E-state index is 0.0164. The van der Waals surface area contributed by atoms with Crippen molar-refractivity contribution in [3.8, 4) is 5.75 Å². The molecule has 0 spiro atoms. The molecule has 5 heteroatoms. The Balaban J connectivity index is 2.03. The lowest BCUT2D eigenvalue weighted by atomic mass is 10.1. The second-order valence-electron chi connectivity index (χ2n) is 7.77. The highest BCUT2D eigenvalue weighted by Crippen LogP contribution is 2.50. The SMILES string of the molecule is COc1cc(C(C)C)ccc(C2Sc3ccccc3N2CCCN(C)C)c1=O. The lowest BCUT2D eigenvalue weighted by Gasteiger charge is -2.27. The first-order valence-corrected chi connectivity index (χ1v) is 10.7. The van der Waals surface area contributed by atoms with Crippen molar-refractivity contribution in [1.82, 2.24) is 4.90 Å². The van der Waals surface area contributed by atoms with Crippen molar-refractivity contribution in [1.29, 1.82) is 0 Å². The van der Waals surface area contributed by atoms with Gasteiger partial charge in [0.15, 0.2) is 5.75 Å². The fourth-order valence-electron chi connectivity index (χ4n) is 3.50. The minimum Gasteiger partial charge on any atom is -0.493 e. The van der Waals surface area contributed by atoms with E-state index in [1.54, 1.807) is 18.9 Å². The van der Waals surface area contributed by atoms with Crippen molar-refractivity contribution in [2.45, 2.75) is 36.5 Å². The van der Waals surface area contributed by atoms with Crippen LogP contribution in [0.25, 0.3) is 0 Å². The highest BCUT2D eigenvalue weighted by atomic mass is 32.2. The molecule has 1 aliphatic heterocycles. The molecule has 150 valence electrons. The van der Waals surface area contributed by atoms with E-state index in [0.29, 0.717) is 11.7 Å². The van der Waals surface area contributed by atoms with Gasteiger partial charge >= 0.3 is 0 Å². The van der Waals surface area contributed by atoms with Crippen molar-refractivity contribution in [2.75, 3.05) is 39.2 Å². The normalized spacial score (nSPS) is 16.0. The highest BCUT2D eigenvalue weighted by molar-refractivity contribution is 8.00. The Hall–Kier alpha value is -1.98. The van der Waals surface area contributed by atoms with E-state index >= 15 is 0 Å². The molecule has 0 fully saturated rings. The Morgan fingerprint density at radius 1 is 1.18 bits per heavy atom. The second kappa shape index (κ2) is 9.01. The van der Waals surface area contributed by atoms with Crippen LogP contribution >= 0.6 is 11.8 Å². The van der Waals surface area contributed by atoms with Crippen molar-refractivity contribution < 1.29 is 4.74 Å². The summed E-state index contributed by atoms with van der Waals surface area (Å²) in [6.07, 6.45) is 1.04. The number of rotatable bonds is 7. The van der Waals surface area contributed by atoms with Crippen molar-refractivity contribution in [3.63, 3.8) is 0 Å². The van der Waals surface area contributed by atoms with Crippen molar-refractivity contribution >= 4 is 17.4 Å². The summed E-state index contributed by atoms with van der Waals surface area (Å²) in [4.78, 5) is 19.1. The second-order valence-corrected chi connectivity index (χ2v) is 8.90. The first-order chi connectivity index (χ1) is 13.4. The summed E-state index contributed by atoms with van der Waals surface area (Å²) in [6.45, 7) is 6.19. The van der Waals surface area contributed by atoms with Gasteiger partial charge in [-0.3, -0.25) is 4.79 Å². The molecule has 0 aromatic heterocycles. The van der Waals surface area contributed by atoms with E-state index in [2.05, 4.69) is 68.1 Å². The number of para-hydroxylation sites is 1. The van der Waals surface area contributed by atoms with Crippen LogP contribution in [0.1, 0.15) is 42.7 Å². The van der Waals surface area contributed by atoms with Gasteiger partial charge < -0.3 is 14.5 Å². The molecular weight excluding hydrogens is 368 g/mol. The van der Waals surface area contributed by atoms with Crippen LogP contribution in [0.3, 0.4) is 0 Å². The van der Waals surface area contributed by atoms with Gasteiger partial charge in [0, 0.05) is 17.0 Å². The molecule has 2 aromatic carbocycles. The monoisotopic (exact) mass is 398 g/mol. The van der Waals surface area contributed by atoms with E-state index in [4.69, 9.17) is 4.74 Å². The fourth-order valence-corrected chi connectivity index (χ4v) is 4.87. The van der Waals surface area contributed by atoms with Gasteiger partial charge in [-0.05, 0) is 56.7 Å². The molecule has 2 aromatic rings. The van der Waals surface area contributed by atoms with Gasteiger partial charge in [0.1, 0.15) is 5.37 Å². The quantitative estimate of drug-likeness (QED) is 0.673. The van der Waals surface area contributed by atoms with Crippen LogP contribution in [0, 0.1) is 0 Å². The molecule has 4 nitrogen and oxygen atoms in total. The van der Waals surface area contributed by atoms with Crippen LogP contribution in [-0.2, 0) is 0 Å². The fraction of sp³-hybridized carbons (Fsp3) is 0.435. The summed E-state index contributed by atoms with van der Waals surface area (Å²) in [5.41, 5.74) is 3.09. The Morgan fingerprint density at radius 2 is 1.93 bits per heavy atom. The smallest absolute Gasteiger partial charge is 0.226 e. The number of methoxy groups -OCH3 is 1. The molecule has 1 heterocycles. The summed E-state index contributed by atoms with van der Waals surface area (Å²) < 4.78 is 5.47.